The SMILES string of the molecule is O=C(O)COc1cc(C=CC23CCC(OCc4c(-c5c(Cl)cncc5Cl)noc4C4CC4)(CC2)CC3)ccn1. The molecule has 4 saturated carbocycles. The third-order valence-corrected chi connectivity index (χ3v) is 8.92. The summed E-state index contributed by atoms with van der Waals surface area (Å²) in [5.74, 6) is 0.546. The van der Waals surface area contributed by atoms with E-state index in [1.54, 1.807) is 24.7 Å². The first-order valence-electron chi connectivity index (χ1n) is 13.3. The van der Waals surface area contributed by atoms with Gasteiger partial charge in [0.2, 0.25) is 5.88 Å². The van der Waals surface area contributed by atoms with Crippen LogP contribution in [-0.2, 0) is 16.1 Å². The maximum atomic E-state index is 10.8. The maximum Gasteiger partial charge on any atom is 0.341 e. The number of aliphatic carboxylic acids is 1. The van der Waals surface area contributed by atoms with E-state index in [2.05, 4.69) is 27.3 Å². The summed E-state index contributed by atoms with van der Waals surface area (Å²) in [5, 5.41) is 14.1. The van der Waals surface area contributed by atoms with Crippen molar-refractivity contribution >= 4 is 35.2 Å². The number of hydrogen-bond donors (Lipinski definition) is 1. The van der Waals surface area contributed by atoms with Gasteiger partial charge < -0.3 is 19.1 Å². The van der Waals surface area contributed by atoms with Gasteiger partial charge in [0, 0.05) is 41.7 Å². The van der Waals surface area contributed by atoms with E-state index >= 15 is 0 Å². The molecular weight excluding hydrogens is 541 g/mol. The predicted molar refractivity (Wildman–Crippen MR) is 146 cm³/mol. The van der Waals surface area contributed by atoms with Crippen LogP contribution in [0.4, 0.5) is 0 Å². The number of fused-ring (bicyclic) bond motifs is 3. The zero-order valence-corrected chi connectivity index (χ0v) is 22.9. The summed E-state index contributed by atoms with van der Waals surface area (Å²) in [7, 11) is 0. The van der Waals surface area contributed by atoms with Gasteiger partial charge in [-0.25, -0.2) is 9.78 Å². The van der Waals surface area contributed by atoms with E-state index in [-0.39, 0.29) is 11.0 Å². The molecule has 39 heavy (non-hydrogen) atoms. The molecule has 204 valence electrons. The lowest BCUT2D eigenvalue weighted by Crippen LogP contribution is -2.46. The normalized spacial score (nSPS) is 24.4. The third kappa shape index (κ3) is 5.55. The quantitative estimate of drug-likeness (QED) is 0.275. The van der Waals surface area contributed by atoms with Crippen molar-refractivity contribution in [2.24, 2.45) is 5.41 Å². The molecule has 4 aliphatic rings. The summed E-state index contributed by atoms with van der Waals surface area (Å²) >= 11 is 12.9. The monoisotopic (exact) mass is 569 g/mol. The number of pyridine rings is 2. The smallest absolute Gasteiger partial charge is 0.341 e. The molecule has 0 aromatic carbocycles. The van der Waals surface area contributed by atoms with Crippen LogP contribution in [-0.4, -0.2) is 38.4 Å². The molecule has 10 heteroatoms. The van der Waals surface area contributed by atoms with Crippen LogP contribution in [0.2, 0.25) is 10.0 Å². The number of hydrogen-bond acceptors (Lipinski definition) is 7. The number of rotatable bonds is 10. The molecule has 0 saturated heterocycles. The van der Waals surface area contributed by atoms with E-state index < -0.39 is 12.6 Å². The number of carboxylic acid groups (broad SMARTS) is 1. The van der Waals surface area contributed by atoms with Crippen molar-refractivity contribution < 1.29 is 23.9 Å². The largest absolute Gasteiger partial charge is 0.479 e. The molecule has 0 spiro atoms. The minimum Gasteiger partial charge on any atom is -0.479 e. The number of nitrogens with zero attached hydrogens (tertiary/aromatic N) is 3. The average Bonchev–Trinajstić information content (AvgIpc) is 3.71. The first-order valence-corrected chi connectivity index (χ1v) is 14.0. The van der Waals surface area contributed by atoms with Gasteiger partial charge >= 0.3 is 5.97 Å². The number of aromatic nitrogens is 3. The van der Waals surface area contributed by atoms with E-state index in [9.17, 15) is 4.79 Å². The summed E-state index contributed by atoms with van der Waals surface area (Å²) in [6.45, 7) is 0.00592. The maximum absolute atomic E-state index is 10.8. The Balaban J connectivity index is 1.14. The van der Waals surface area contributed by atoms with Crippen molar-refractivity contribution in [3.05, 3.63) is 63.7 Å². The van der Waals surface area contributed by atoms with Crippen molar-refractivity contribution in [3.63, 3.8) is 0 Å². The summed E-state index contributed by atoms with van der Waals surface area (Å²) in [6, 6.07) is 3.67. The van der Waals surface area contributed by atoms with Crippen LogP contribution in [0.5, 0.6) is 5.88 Å². The lowest BCUT2D eigenvalue weighted by molar-refractivity contribution is -0.139. The average molecular weight is 570 g/mol. The molecular formula is C29H29Cl2N3O5. The fraction of sp³-hybridized carbons (Fsp3) is 0.448. The Labute approximate surface area is 236 Å². The molecule has 7 rings (SSSR count). The Morgan fingerprint density at radius 2 is 1.85 bits per heavy atom. The Bertz CT molecular complexity index is 1370. The van der Waals surface area contributed by atoms with Crippen LogP contribution >= 0.6 is 23.2 Å². The molecule has 0 unspecified atom stereocenters. The molecule has 0 aliphatic heterocycles. The van der Waals surface area contributed by atoms with Gasteiger partial charge in [-0.2, -0.15) is 0 Å². The molecule has 3 aromatic heterocycles. The molecule has 8 nitrogen and oxygen atoms in total. The van der Waals surface area contributed by atoms with Crippen LogP contribution in [0.15, 0.2) is 41.3 Å². The van der Waals surface area contributed by atoms with Crippen LogP contribution in [0.1, 0.15) is 74.2 Å². The minimum atomic E-state index is -1.03. The first kappa shape index (κ1) is 26.3. The standard InChI is InChI=1S/C29H29Cl2N3O5/c30-21-14-32-15-22(31)25(21)26-20(27(39-34-26)19-1-2-19)16-38-29-9-6-28(7-10-29,8-11-29)5-3-18-4-12-33-23(13-18)37-17-24(35)36/h3-5,12-15,19H,1-2,6-11,16-17H2,(H,35,36). The van der Waals surface area contributed by atoms with Crippen LogP contribution in [0.25, 0.3) is 17.3 Å². The summed E-state index contributed by atoms with van der Waals surface area (Å²) in [4.78, 5) is 18.9. The Morgan fingerprint density at radius 3 is 2.51 bits per heavy atom. The van der Waals surface area contributed by atoms with Crippen molar-refractivity contribution in [1.82, 2.24) is 15.1 Å². The van der Waals surface area contributed by atoms with Crippen molar-refractivity contribution in [3.8, 4) is 17.1 Å². The van der Waals surface area contributed by atoms with Gasteiger partial charge in [-0.3, -0.25) is 4.98 Å². The van der Waals surface area contributed by atoms with Gasteiger partial charge in [-0.1, -0.05) is 40.5 Å². The fourth-order valence-electron chi connectivity index (χ4n) is 5.85. The van der Waals surface area contributed by atoms with Gasteiger partial charge in [-0.05, 0) is 68.4 Å². The van der Waals surface area contributed by atoms with E-state index in [0.717, 1.165) is 68.3 Å². The highest BCUT2D eigenvalue weighted by Gasteiger charge is 2.48. The van der Waals surface area contributed by atoms with Crippen molar-refractivity contribution in [2.75, 3.05) is 6.61 Å². The number of carboxylic acids is 1. The van der Waals surface area contributed by atoms with E-state index in [1.165, 1.54) is 0 Å². The molecule has 1 N–H and O–H groups in total. The second-order valence-electron chi connectivity index (χ2n) is 10.9. The van der Waals surface area contributed by atoms with Gasteiger partial charge in [0.25, 0.3) is 0 Å². The highest BCUT2D eigenvalue weighted by atomic mass is 35.5. The molecule has 0 amide bonds. The fourth-order valence-corrected chi connectivity index (χ4v) is 6.39. The Kier molecular flexibility index (Phi) is 7.12. The van der Waals surface area contributed by atoms with E-state index in [4.69, 9.17) is 42.3 Å². The second-order valence-corrected chi connectivity index (χ2v) is 11.7. The van der Waals surface area contributed by atoms with Gasteiger partial charge in [0.05, 0.1) is 22.3 Å². The van der Waals surface area contributed by atoms with E-state index in [0.29, 0.717) is 39.7 Å². The highest BCUT2D eigenvalue weighted by molar-refractivity contribution is 6.38. The molecule has 0 atom stereocenters. The summed E-state index contributed by atoms with van der Waals surface area (Å²) in [5.41, 5.74) is 3.16. The van der Waals surface area contributed by atoms with Crippen LogP contribution in [0, 0.1) is 5.41 Å². The first-order chi connectivity index (χ1) is 18.9. The Morgan fingerprint density at radius 1 is 1.13 bits per heavy atom. The van der Waals surface area contributed by atoms with E-state index in [1.807, 2.05) is 6.07 Å². The minimum absolute atomic E-state index is 0.135. The van der Waals surface area contributed by atoms with Gasteiger partial charge in [0.15, 0.2) is 6.61 Å². The van der Waals surface area contributed by atoms with Crippen LogP contribution < -0.4 is 4.74 Å². The van der Waals surface area contributed by atoms with Crippen LogP contribution in [0.3, 0.4) is 0 Å². The molecule has 2 bridgehead atoms. The zero-order chi connectivity index (χ0) is 27.0. The summed E-state index contributed by atoms with van der Waals surface area (Å²) in [6.07, 6.45) is 17.5. The highest BCUT2D eigenvalue weighted by Crippen LogP contribution is 2.55. The topological polar surface area (TPSA) is 108 Å². The summed E-state index contributed by atoms with van der Waals surface area (Å²) < 4.78 is 17.8. The molecule has 3 heterocycles. The number of halogens is 2. The number of allylic oxidation sites excluding steroid dienone is 1. The molecule has 0 radical (unpaired) electrons. The molecule has 3 aromatic rings. The lowest BCUT2D eigenvalue weighted by Gasteiger charge is -2.52. The van der Waals surface area contributed by atoms with Crippen molar-refractivity contribution in [1.29, 1.82) is 0 Å². The predicted octanol–water partition coefficient (Wildman–Crippen LogP) is 7.10. The molecule has 4 aliphatic carbocycles. The number of carbonyl (C=O) groups is 1. The number of ether oxygens (including phenoxy) is 2. The zero-order valence-electron chi connectivity index (χ0n) is 21.4. The molecule has 4 fully saturated rings. The van der Waals surface area contributed by atoms with Crippen molar-refractivity contribution in [2.45, 2.75) is 69.5 Å². The second kappa shape index (κ2) is 10.6. The lowest BCUT2D eigenvalue weighted by atomic mass is 9.58. The third-order valence-electron chi connectivity index (χ3n) is 8.35. The van der Waals surface area contributed by atoms with Gasteiger partial charge in [-0.15, -0.1) is 0 Å². The Hall–Kier alpha value is -2.94. The van der Waals surface area contributed by atoms with Gasteiger partial charge in [0.1, 0.15) is 11.5 Å².